The van der Waals surface area contributed by atoms with Gasteiger partial charge in [0.05, 0.1) is 6.61 Å². The molecule has 0 bridgehead atoms. The van der Waals surface area contributed by atoms with Gasteiger partial charge in [0, 0.05) is 24.7 Å². The summed E-state index contributed by atoms with van der Waals surface area (Å²) < 4.78 is 18.3. The van der Waals surface area contributed by atoms with Crippen LogP contribution in [0.1, 0.15) is 43.1 Å². The molecule has 0 fully saturated rings. The van der Waals surface area contributed by atoms with Crippen LogP contribution in [0.4, 0.5) is 4.39 Å². The van der Waals surface area contributed by atoms with Crippen molar-refractivity contribution in [2.24, 2.45) is 0 Å². The van der Waals surface area contributed by atoms with E-state index in [-0.39, 0.29) is 11.7 Å². The molecule has 0 atom stereocenters. The third-order valence-electron chi connectivity index (χ3n) is 4.43. The van der Waals surface area contributed by atoms with Crippen LogP contribution in [0.3, 0.4) is 0 Å². The standard InChI is InChI=1S/C22H29FN2O2/c1-4-25(17(2)3)16-18-6-8-19(9-7-18)22(26)24-14-5-15-27-21-12-10-20(23)11-13-21/h6-13,17H,4-5,14-16H2,1-3H3,(H,24,26). The number of carbonyl (C=O) groups excluding carboxylic acids is 1. The van der Waals surface area contributed by atoms with Crippen LogP contribution in [0, 0.1) is 5.82 Å². The van der Waals surface area contributed by atoms with E-state index in [1.54, 1.807) is 12.1 Å². The first kappa shape index (κ1) is 20.9. The lowest BCUT2D eigenvalue weighted by atomic mass is 10.1. The first-order valence-electron chi connectivity index (χ1n) is 9.49. The van der Waals surface area contributed by atoms with E-state index in [1.807, 2.05) is 24.3 Å². The van der Waals surface area contributed by atoms with Crippen LogP contribution in [0.25, 0.3) is 0 Å². The van der Waals surface area contributed by atoms with Crippen LogP contribution in [-0.2, 0) is 6.54 Å². The van der Waals surface area contributed by atoms with Crippen molar-refractivity contribution in [3.63, 3.8) is 0 Å². The maximum atomic E-state index is 12.8. The molecule has 0 unspecified atom stereocenters. The number of halogens is 1. The van der Waals surface area contributed by atoms with Gasteiger partial charge in [-0.15, -0.1) is 0 Å². The second-order valence-electron chi connectivity index (χ2n) is 6.77. The lowest BCUT2D eigenvalue weighted by molar-refractivity contribution is 0.0951. The van der Waals surface area contributed by atoms with Gasteiger partial charge in [0.1, 0.15) is 11.6 Å². The zero-order valence-electron chi connectivity index (χ0n) is 16.4. The molecule has 0 aliphatic rings. The molecule has 146 valence electrons. The lowest BCUT2D eigenvalue weighted by Gasteiger charge is -2.24. The van der Waals surface area contributed by atoms with Gasteiger partial charge in [-0.2, -0.15) is 0 Å². The maximum Gasteiger partial charge on any atom is 0.251 e. The third-order valence-corrected chi connectivity index (χ3v) is 4.43. The summed E-state index contributed by atoms with van der Waals surface area (Å²) in [4.78, 5) is 14.6. The van der Waals surface area contributed by atoms with Crippen LogP contribution in [-0.4, -0.2) is 36.5 Å². The van der Waals surface area contributed by atoms with E-state index >= 15 is 0 Å². The summed E-state index contributed by atoms with van der Waals surface area (Å²) in [6.07, 6.45) is 0.682. The number of ether oxygens (including phenoxy) is 1. The zero-order chi connectivity index (χ0) is 19.6. The fraction of sp³-hybridized carbons (Fsp3) is 0.409. The Kier molecular flexibility index (Phi) is 8.27. The summed E-state index contributed by atoms with van der Waals surface area (Å²) in [5, 5.41) is 2.89. The highest BCUT2D eigenvalue weighted by atomic mass is 19.1. The predicted octanol–water partition coefficient (Wildman–Crippen LogP) is 4.25. The van der Waals surface area contributed by atoms with Crippen molar-refractivity contribution in [3.8, 4) is 5.75 Å². The van der Waals surface area contributed by atoms with Gasteiger partial charge in [-0.3, -0.25) is 9.69 Å². The van der Waals surface area contributed by atoms with Crippen molar-refractivity contribution in [2.45, 2.75) is 39.8 Å². The summed E-state index contributed by atoms with van der Waals surface area (Å²) in [5.74, 6) is 0.257. The summed E-state index contributed by atoms with van der Waals surface area (Å²) in [6.45, 7) is 9.40. The molecular formula is C22H29FN2O2. The van der Waals surface area contributed by atoms with Gasteiger partial charge >= 0.3 is 0 Å². The van der Waals surface area contributed by atoms with Crippen LogP contribution in [0.5, 0.6) is 5.75 Å². The molecule has 1 amide bonds. The van der Waals surface area contributed by atoms with Gasteiger partial charge in [-0.05, 0) is 68.8 Å². The summed E-state index contributed by atoms with van der Waals surface area (Å²) in [6, 6.07) is 14.2. The topological polar surface area (TPSA) is 41.6 Å². The Morgan fingerprint density at radius 1 is 1.11 bits per heavy atom. The second-order valence-corrected chi connectivity index (χ2v) is 6.77. The predicted molar refractivity (Wildman–Crippen MR) is 107 cm³/mol. The molecule has 0 heterocycles. The molecule has 27 heavy (non-hydrogen) atoms. The first-order chi connectivity index (χ1) is 13.0. The number of carbonyl (C=O) groups is 1. The van der Waals surface area contributed by atoms with E-state index in [2.05, 4.69) is 31.0 Å². The van der Waals surface area contributed by atoms with E-state index < -0.39 is 0 Å². The Bertz CT molecular complexity index is 699. The molecule has 0 aromatic heterocycles. The number of amides is 1. The highest BCUT2D eigenvalue weighted by molar-refractivity contribution is 5.94. The van der Waals surface area contributed by atoms with Crippen LogP contribution >= 0.6 is 0 Å². The Morgan fingerprint density at radius 3 is 2.37 bits per heavy atom. The number of hydrogen-bond acceptors (Lipinski definition) is 3. The van der Waals surface area contributed by atoms with E-state index in [9.17, 15) is 9.18 Å². The average Bonchev–Trinajstić information content (AvgIpc) is 2.67. The van der Waals surface area contributed by atoms with Gasteiger partial charge in [0.25, 0.3) is 5.91 Å². The Morgan fingerprint density at radius 2 is 1.78 bits per heavy atom. The van der Waals surface area contributed by atoms with Crippen molar-refractivity contribution < 1.29 is 13.9 Å². The van der Waals surface area contributed by atoms with Crippen molar-refractivity contribution in [2.75, 3.05) is 19.7 Å². The van der Waals surface area contributed by atoms with Gasteiger partial charge in [-0.25, -0.2) is 4.39 Å². The van der Waals surface area contributed by atoms with Gasteiger partial charge < -0.3 is 10.1 Å². The molecule has 0 aliphatic carbocycles. The van der Waals surface area contributed by atoms with Crippen molar-refractivity contribution in [1.82, 2.24) is 10.2 Å². The van der Waals surface area contributed by atoms with E-state index in [0.717, 1.165) is 13.1 Å². The van der Waals surface area contributed by atoms with Crippen LogP contribution in [0.2, 0.25) is 0 Å². The smallest absolute Gasteiger partial charge is 0.251 e. The molecule has 4 nitrogen and oxygen atoms in total. The van der Waals surface area contributed by atoms with E-state index in [0.29, 0.717) is 36.9 Å². The van der Waals surface area contributed by atoms with Gasteiger partial charge in [0.15, 0.2) is 0 Å². The van der Waals surface area contributed by atoms with Crippen molar-refractivity contribution in [1.29, 1.82) is 0 Å². The van der Waals surface area contributed by atoms with Crippen LogP contribution in [0.15, 0.2) is 48.5 Å². The molecule has 2 rings (SSSR count). The Labute approximate surface area is 161 Å². The number of nitrogens with zero attached hydrogens (tertiary/aromatic N) is 1. The molecule has 0 spiro atoms. The highest BCUT2D eigenvalue weighted by Gasteiger charge is 2.09. The minimum atomic E-state index is -0.285. The summed E-state index contributed by atoms with van der Waals surface area (Å²) in [5.41, 5.74) is 1.86. The maximum absolute atomic E-state index is 12.8. The summed E-state index contributed by atoms with van der Waals surface area (Å²) in [7, 11) is 0. The molecule has 2 aromatic rings. The summed E-state index contributed by atoms with van der Waals surface area (Å²) >= 11 is 0. The molecule has 5 heteroatoms. The second kappa shape index (κ2) is 10.7. The number of rotatable bonds is 10. The fourth-order valence-electron chi connectivity index (χ4n) is 2.75. The molecule has 0 aliphatic heterocycles. The molecule has 1 N–H and O–H groups in total. The SMILES string of the molecule is CCN(Cc1ccc(C(=O)NCCCOc2ccc(F)cc2)cc1)C(C)C. The molecule has 2 aromatic carbocycles. The lowest BCUT2D eigenvalue weighted by Crippen LogP contribution is -2.30. The Balaban J connectivity index is 1.71. The largest absolute Gasteiger partial charge is 0.494 e. The fourth-order valence-corrected chi connectivity index (χ4v) is 2.75. The minimum absolute atomic E-state index is 0.0838. The number of nitrogens with one attached hydrogen (secondary N) is 1. The minimum Gasteiger partial charge on any atom is -0.494 e. The average molecular weight is 372 g/mol. The third kappa shape index (κ3) is 7.02. The van der Waals surface area contributed by atoms with Crippen molar-refractivity contribution >= 4 is 5.91 Å². The zero-order valence-corrected chi connectivity index (χ0v) is 16.4. The van der Waals surface area contributed by atoms with Gasteiger partial charge in [0.2, 0.25) is 0 Å². The monoisotopic (exact) mass is 372 g/mol. The molecular weight excluding hydrogens is 343 g/mol. The molecule has 0 radical (unpaired) electrons. The van der Waals surface area contributed by atoms with Crippen molar-refractivity contribution in [3.05, 3.63) is 65.5 Å². The molecule has 0 saturated heterocycles. The normalized spacial score (nSPS) is 11.0. The number of benzene rings is 2. The number of hydrogen-bond donors (Lipinski definition) is 1. The van der Waals surface area contributed by atoms with E-state index in [1.165, 1.54) is 17.7 Å². The molecule has 0 saturated carbocycles. The Hall–Kier alpha value is -2.40. The quantitative estimate of drug-likeness (QED) is 0.634. The van der Waals surface area contributed by atoms with Crippen LogP contribution < -0.4 is 10.1 Å². The first-order valence-corrected chi connectivity index (χ1v) is 9.49. The van der Waals surface area contributed by atoms with Gasteiger partial charge in [-0.1, -0.05) is 19.1 Å². The highest BCUT2D eigenvalue weighted by Crippen LogP contribution is 2.12. The van der Waals surface area contributed by atoms with E-state index in [4.69, 9.17) is 4.74 Å².